The van der Waals surface area contributed by atoms with E-state index in [0.717, 1.165) is 5.56 Å². The van der Waals surface area contributed by atoms with Gasteiger partial charge in [0, 0.05) is 12.1 Å². The fraction of sp³-hybridized carbons (Fsp3) is 0.267. The van der Waals surface area contributed by atoms with Gasteiger partial charge in [-0.2, -0.15) is 0 Å². The third-order valence-corrected chi connectivity index (χ3v) is 6.58. The summed E-state index contributed by atoms with van der Waals surface area (Å²) in [4.78, 5) is 27.8. The van der Waals surface area contributed by atoms with E-state index in [-0.39, 0.29) is 21.9 Å². The topological polar surface area (TPSA) is 85.3 Å². The number of benzene rings is 3. The first-order valence-electron chi connectivity index (χ1n) is 12.4. The lowest BCUT2D eigenvalue weighted by Gasteiger charge is -2.25. The van der Waals surface area contributed by atoms with Crippen LogP contribution in [-0.2, 0) is 16.2 Å². The maximum Gasteiger partial charge on any atom is 0.295 e. The number of carbonyl (C=O) groups excluding carboxylic acids is 2. The minimum Gasteiger partial charge on any atom is -0.507 e. The highest BCUT2D eigenvalue weighted by molar-refractivity contribution is 6.47. The highest BCUT2D eigenvalue weighted by atomic mass is 35.5. The second kappa shape index (κ2) is 12.0. The zero-order valence-corrected chi connectivity index (χ0v) is 22.3. The molecule has 7 nitrogen and oxygen atoms in total. The molecule has 3 aromatic rings. The first-order valence-corrected chi connectivity index (χ1v) is 12.8. The zero-order chi connectivity index (χ0) is 27.2. The lowest BCUT2D eigenvalue weighted by molar-refractivity contribution is -0.139. The molecule has 0 aromatic heterocycles. The van der Waals surface area contributed by atoms with Crippen LogP contribution in [0.3, 0.4) is 0 Å². The molecule has 38 heavy (non-hydrogen) atoms. The standard InChI is InChI=1S/C30H30ClNO6/c1-4-15-32-27(20-11-14-24(25(16-20)36-3)38-18-19-9-7-6-8-10-19)26(29(34)30(32)35)28(33)22-17-21(37-5-2)12-13-23(22)31/h6-14,16-17,27,33H,4-5,15,18H2,1-3H3/b28-26+. The van der Waals surface area contributed by atoms with E-state index in [1.807, 2.05) is 44.2 Å². The monoisotopic (exact) mass is 535 g/mol. The molecule has 0 spiro atoms. The van der Waals surface area contributed by atoms with Crippen LogP contribution in [0.2, 0.25) is 5.02 Å². The van der Waals surface area contributed by atoms with Crippen LogP contribution < -0.4 is 14.2 Å². The Kier molecular flexibility index (Phi) is 8.59. The van der Waals surface area contributed by atoms with Crippen molar-refractivity contribution >= 4 is 29.1 Å². The highest BCUT2D eigenvalue weighted by Gasteiger charge is 2.46. The van der Waals surface area contributed by atoms with Gasteiger partial charge in [0.15, 0.2) is 11.5 Å². The molecule has 0 radical (unpaired) electrons. The Bertz CT molecular complexity index is 1350. The molecule has 0 saturated carbocycles. The highest BCUT2D eigenvalue weighted by Crippen LogP contribution is 2.43. The van der Waals surface area contributed by atoms with Crippen LogP contribution in [0.5, 0.6) is 17.2 Å². The smallest absolute Gasteiger partial charge is 0.295 e. The molecule has 0 bridgehead atoms. The molecule has 1 atom stereocenters. The number of amides is 1. The van der Waals surface area contributed by atoms with Crippen molar-refractivity contribution in [2.45, 2.75) is 32.9 Å². The molecule has 1 aliphatic rings. The van der Waals surface area contributed by atoms with Crippen molar-refractivity contribution in [3.8, 4) is 17.2 Å². The van der Waals surface area contributed by atoms with Gasteiger partial charge in [0.25, 0.3) is 11.7 Å². The molecule has 1 fully saturated rings. The summed E-state index contributed by atoms with van der Waals surface area (Å²) in [5, 5.41) is 11.6. The van der Waals surface area contributed by atoms with Crippen molar-refractivity contribution in [3.63, 3.8) is 0 Å². The molecule has 1 heterocycles. The Morgan fingerprint density at radius 2 is 1.74 bits per heavy atom. The predicted molar refractivity (Wildman–Crippen MR) is 146 cm³/mol. The summed E-state index contributed by atoms with van der Waals surface area (Å²) in [7, 11) is 1.52. The molecule has 1 unspecified atom stereocenters. The van der Waals surface area contributed by atoms with Gasteiger partial charge in [-0.15, -0.1) is 0 Å². The van der Waals surface area contributed by atoms with Crippen molar-refractivity contribution in [1.29, 1.82) is 0 Å². The maximum absolute atomic E-state index is 13.3. The van der Waals surface area contributed by atoms with E-state index in [2.05, 4.69) is 0 Å². The van der Waals surface area contributed by atoms with Gasteiger partial charge in [-0.1, -0.05) is 54.9 Å². The Morgan fingerprint density at radius 3 is 2.42 bits per heavy atom. The number of carbonyl (C=O) groups is 2. The van der Waals surface area contributed by atoms with Crippen LogP contribution in [-0.4, -0.2) is 42.0 Å². The number of aliphatic hydroxyl groups is 1. The van der Waals surface area contributed by atoms with Crippen LogP contribution in [0.25, 0.3) is 5.76 Å². The second-order valence-corrected chi connectivity index (χ2v) is 9.16. The van der Waals surface area contributed by atoms with Crippen LogP contribution in [0.4, 0.5) is 0 Å². The van der Waals surface area contributed by atoms with Gasteiger partial charge in [-0.05, 0) is 54.8 Å². The summed E-state index contributed by atoms with van der Waals surface area (Å²) in [5.41, 5.74) is 1.77. The fourth-order valence-corrected chi connectivity index (χ4v) is 4.70. The number of methoxy groups -OCH3 is 1. The average Bonchev–Trinajstić information content (AvgIpc) is 3.18. The molecule has 1 aliphatic heterocycles. The normalized spacial score (nSPS) is 16.5. The molecule has 1 amide bonds. The number of ketones is 1. The summed E-state index contributed by atoms with van der Waals surface area (Å²) < 4.78 is 17.1. The van der Waals surface area contributed by atoms with E-state index in [0.29, 0.717) is 49.0 Å². The molecular formula is C30H30ClNO6. The number of aliphatic hydroxyl groups excluding tert-OH is 1. The minimum absolute atomic E-state index is 0.0426. The zero-order valence-electron chi connectivity index (χ0n) is 21.6. The van der Waals surface area contributed by atoms with Crippen molar-refractivity contribution in [2.24, 2.45) is 0 Å². The van der Waals surface area contributed by atoms with Gasteiger partial charge in [-0.25, -0.2) is 0 Å². The lowest BCUT2D eigenvalue weighted by Crippen LogP contribution is -2.30. The number of nitrogens with zero attached hydrogens (tertiary/aromatic N) is 1. The number of Topliss-reactive ketones (excluding diaryl/α,β-unsaturated/α-hetero) is 1. The van der Waals surface area contributed by atoms with Crippen LogP contribution in [0.1, 0.15) is 43.0 Å². The Hall–Kier alpha value is -3.97. The second-order valence-electron chi connectivity index (χ2n) is 8.75. The Balaban J connectivity index is 1.78. The number of rotatable bonds is 10. The largest absolute Gasteiger partial charge is 0.507 e. The van der Waals surface area contributed by atoms with Gasteiger partial charge >= 0.3 is 0 Å². The van der Waals surface area contributed by atoms with Crippen LogP contribution >= 0.6 is 11.6 Å². The molecule has 0 aliphatic carbocycles. The number of hydrogen-bond acceptors (Lipinski definition) is 6. The molecule has 4 rings (SSSR count). The van der Waals surface area contributed by atoms with E-state index in [4.69, 9.17) is 25.8 Å². The van der Waals surface area contributed by atoms with E-state index in [1.165, 1.54) is 12.0 Å². The third kappa shape index (κ3) is 5.48. The van der Waals surface area contributed by atoms with E-state index in [1.54, 1.807) is 36.4 Å². The number of halogens is 1. The minimum atomic E-state index is -0.834. The fourth-order valence-electron chi connectivity index (χ4n) is 4.49. The van der Waals surface area contributed by atoms with Crippen LogP contribution in [0.15, 0.2) is 72.3 Å². The summed E-state index contributed by atoms with van der Waals surface area (Å²) in [6, 6.07) is 19.0. The number of likely N-dealkylation sites (tertiary alicyclic amines) is 1. The quantitative estimate of drug-likeness (QED) is 0.190. The molecule has 8 heteroatoms. The number of hydrogen-bond donors (Lipinski definition) is 1. The van der Waals surface area contributed by atoms with E-state index < -0.39 is 17.7 Å². The SMILES string of the molecule is CCCN1C(=O)C(=O)/C(=C(/O)c2cc(OCC)ccc2Cl)C1c1ccc(OCc2ccccc2)c(OC)c1. The van der Waals surface area contributed by atoms with Crippen molar-refractivity contribution in [1.82, 2.24) is 4.90 Å². The summed E-state index contributed by atoms with van der Waals surface area (Å²) in [6.07, 6.45) is 0.625. The van der Waals surface area contributed by atoms with Crippen molar-refractivity contribution in [2.75, 3.05) is 20.3 Å². The predicted octanol–water partition coefficient (Wildman–Crippen LogP) is 6.16. The number of ether oxygens (including phenoxy) is 3. The lowest BCUT2D eigenvalue weighted by atomic mass is 9.94. The first kappa shape index (κ1) is 27.1. The van der Waals surface area contributed by atoms with Crippen molar-refractivity contribution < 1.29 is 28.9 Å². The summed E-state index contributed by atoms with van der Waals surface area (Å²) >= 11 is 6.40. The van der Waals surface area contributed by atoms with Gasteiger partial charge in [0.1, 0.15) is 18.1 Å². The van der Waals surface area contributed by atoms with Crippen molar-refractivity contribution in [3.05, 3.63) is 94.0 Å². The first-order chi connectivity index (χ1) is 18.4. The molecule has 3 aromatic carbocycles. The average molecular weight is 536 g/mol. The summed E-state index contributed by atoms with van der Waals surface area (Å²) in [5.74, 6) is -0.376. The summed E-state index contributed by atoms with van der Waals surface area (Å²) in [6.45, 7) is 4.85. The van der Waals surface area contributed by atoms with E-state index in [9.17, 15) is 14.7 Å². The maximum atomic E-state index is 13.3. The van der Waals surface area contributed by atoms with Crippen LogP contribution in [0, 0.1) is 0 Å². The molecular weight excluding hydrogens is 506 g/mol. The van der Waals surface area contributed by atoms with Gasteiger partial charge in [0.05, 0.1) is 30.4 Å². The van der Waals surface area contributed by atoms with Gasteiger partial charge in [0.2, 0.25) is 0 Å². The Labute approximate surface area is 227 Å². The third-order valence-electron chi connectivity index (χ3n) is 6.25. The molecule has 1 N–H and O–H groups in total. The van der Waals surface area contributed by atoms with Gasteiger partial charge < -0.3 is 24.2 Å². The van der Waals surface area contributed by atoms with Gasteiger partial charge in [-0.3, -0.25) is 9.59 Å². The Morgan fingerprint density at radius 1 is 0.974 bits per heavy atom. The molecule has 1 saturated heterocycles. The molecule has 198 valence electrons. The van der Waals surface area contributed by atoms with E-state index >= 15 is 0 Å².